The SMILES string of the molecule is Cc1c[n+](C)cn1CC(=O)Nc1ccc(S(=O)(=O)Nc2scnc2C(=O)O)cc1F. The molecule has 0 saturated carbocycles. The van der Waals surface area contributed by atoms with Gasteiger partial charge in [0, 0.05) is 6.92 Å². The highest BCUT2D eigenvalue weighted by atomic mass is 32.2. The first-order valence-corrected chi connectivity index (χ1v) is 10.7. The summed E-state index contributed by atoms with van der Waals surface area (Å²) < 4.78 is 44.9. The summed E-state index contributed by atoms with van der Waals surface area (Å²) in [6.07, 6.45) is 3.52. The van der Waals surface area contributed by atoms with E-state index in [0.29, 0.717) is 0 Å². The number of aromatic carboxylic acids is 1. The lowest BCUT2D eigenvalue weighted by Gasteiger charge is -2.10. The molecule has 0 atom stereocenters. The maximum absolute atomic E-state index is 14.4. The van der Waals surface area contributed by atoms with Gasteiger partial charge in [-0.2, -0.15) is 0 Å². The monoisotopic (exact) mass is 454 g/mol. The summed E-state index contributed by atoms with van der Waals surface area (Å²) in [4.78, 5) is 26.4. The van der Waals surface area contributed by atoms with Crippen molar-refractivity contribution < 1.29 is 32.1 Å². The molecule has 3 rings (SSSR count). The number of carboxylic acids is 1. The van der Waals surface area contributed by atoms with E-state index in [-0.39, 0.29) is 17.2 Å². The smallest absolute Gasteiger partial charge is 0.357 e. The normalized spacial score (nSPS) is 11.3. The molecule has 0 spiro atoms. The first-order chi connectivity index (χ1) is 14.1. The minimum Gasteiger partial charge on any atom is -0.476 e. The summed E-state index contributed by atoms with van der Waals surface area (Å²) in [5.74, 6) is -2.84. The fraction of sp³-hybridized carbons (Fsp3) is 0.176. The number of carboxylic acid groups (broad SMARTS) is 1. The molecule has 0 aliphatic carbocycles. The molecule has 13 heteroatoms. The van der Waals surface area contributed by atoms with Crippen molar-refractivity contribution in [2.45, 2.75) is 18.4 Å². The molecular formula is C17H17FN5O5S2+. The highest BCUT2D eigenvalue weighted by Gasteiger charge is 2.22. The molecule has 0 fully saturated rings. The zero-order valence-electron chi connectivity index (χ0n) is 15.8. The van der Waals surface area contributed by atoms with Gasteiger partial charge in [-0.05, 0) is 18.2 Å². The lowest BCUT2D eigenvalue weighted by molar-refractivity contribution is -0.671. The highest BCUT2D eigenvalue weighted by molar-refractivity contribution is 7.93. The van der Waals surface area contributed by atoms with Gasteiger partial charge in [0.1, 0.15) is 22.7 Å². The Labute approximate surface area is 174 Å². The van der Waals surface area contributed by atoms with E-state index in [9.17, 15) is 22.4 Å². The largest absolute Gasteiger partial charge is 0.476 e. The third-order valence-electron chi connectivity index (χ3n) is 4.00. The van der Waals surface area contributed by atoms with Crippen LogP contribution in [-0.2, 0) is 28.4 Å². The predicted octanol–water partition coefficient (Wildman–Crippen LogP) is 1.35. The quantitative estimate of drug-likeness (QED) is 0.462. The second-order valence-corrected chi connectivity index (χ2v) is 8.85. The lowest BCUT2D eigenvalue weighted by atomic mass is 10.3. The van der Waals surface area contributed by atoms with Crippen molar-refractivity contribution in [2.24, 2.45) is 7.05 Å². The Morgan fingerprint density at radius 2 is 2.10 bits per heavy atom. The van der Waals surface area contributed by atoms with E-state index < -0.39 is 38.3 Å². The number of rotatable bonds is 7. The summed E-state index contributed by atoms with van der Waals surface area (Å²) >= 11 is 0.782. The number of carbonyl (C=O) groups is 2. The number of nitrogens with zero attached hydrogens (tertiary/aromatic N) is 3. The number of imidazole rings is 1. The second-order valence-electron chi connectivity index (χ2n) is 6.31. The van der Waals surface area contributed by atoms with Crippen LogP contribution in [0.5, 0.6) is 0 Å². The minimum absolute atomic E-state index is 0.0446. The van der Waals surface area contributed by atoms with Crippen molar-refractivity contribution in [3.8, 4) is 0 Å². The first-order valence-electron chi connectivity index (χ1n) is 8.38. The Kier molecular flexibility index (Phi) is 5.85. The summed E-state index contributed by atoms with van der Waals surface area (Å²) in [5.41, 5.74) is 1.37. The number of amides is 1. The van der Waals surface area contributed by atoms with E-state index in [1.807, 2.05) is 13.1 Å². The van der Waals surface area contributed by atoms with Gasteiger partial charge in [0.15, 0.2) is 12.2 Å². The van der Waals surface area contributed by atoms with Crippen LogP contribution in [-0.4, -0.2) is 35.0 Å². The van der Waals surface area contributed by atoms with Gasteiger partial charge in [-0.15, -0.1) is 11.3 Å². The molecule has 0 aliphatic rings. The Morgan fingerprint density at radius 3 is 2.70 bits per heavy atom. The van der Waals surface area contributed by atoms with Gasteiger partial charge in [-0.3, -0.25) is 9.52 Å². The number of aryl methyl sites for hydroxylation is 2. The van der Waals surface area contributed by atoms with Crippen molar-refractivity contribution in [3.05, 3.63) is 53.4 Å². The van der Waals surface area contributed by atoms with E-state index in [1.54, 1.807) is 22.5 Å². The van der Waals surface area contributed by atoms with Crippen LogP contribution in [0.3, 0.4) is 0 Å². The van der Waals surface area contributed by atoms with Gasteiger partial charge in [-0.25, -0.2) is 31.7 Å². The molecule has 2 heterocycles. The Balaban J connectivity index is 1.75. The van der Waals surface area contributed by atoms with Crippen LogP contribution in [0.25, 0.3) is 0 Å². The number of halogens is 1. The van der Waals surface area contributed by atoms with Crippen molar-refractivity contribution >= 4 is 43.9 Å². The topological polar surface area (TPSA) is 134 Å². The minimum atomic E-state index is -4.26. The van der Waals surface area contributed by atoms with Crippen LogP contribution >= 0.6 is 11.3 Å². The lowest BCUT2D eigenvalue weighted by Crippen LogP contribution is -2.25. The molecule has 3 aromatic rings. The molecule has 0 unspecified atom stereocenters. The predicted molar refractivity (Wildman–Crippen MR) is 105 cm³/mol. The molecule has 0 radical (unpaired) electrons. The van der Waals surface area contributed by atoms with Crippen LogP contribution in [0.15, 0.2) is 41.1 Å². The van der Waals surface area contributed by atoms with Gasteiger partial charge < -0.3 is 10.4 Å². The zero-order valence-corrected chi connectivity index (χ0v) is 17.4. The molecule has 0 saturated heterocycles. The first kappa shape index (κ1) is 21.4. The standard InChI is InChI=1S/C17H16FN5O5S2/c1-10-6-22(2)9-23(10)7-14(24)20-13-4-3-11(5-12(13)18)30(27,28)21-16-15(17(25)26)19-8-29-16/h3-6,8-9,21H,7H2,1-2H3,(H-,20,24,25,26)/p+1. The van der Waals surface area contributed by atoms with Gasteiger partial charge in [0.05, 0.1) is 23.1 Å². The number of hydrogen-bond donors (Lipinski definition) is 3. The zero-order chi connectivity index (χ0) is 22.1. The average molecular weight is 454 g/mol. The number of aromatic nitrogens is 3. The average Bonchev–Trinajstić information content (AvgIpc) is 3.22. The van der Waals surface area contributed by atoms with Gasteiger partial charge in [-0.1, -0.05) is 0 Å². The van der Waals surface area contributed by atoms with Crippen molar-refractivity contribution in [2.75, 3.05) is 10.0 Å². The Hall–Kier alpha value is -3.32. The summed E-state index contributed by atoms with van der Waals surface area (Å²) in [7, 11) is -2.46. The molecule has 0 aliphatic heterocycles. The number of carbonyl (C=O) groups excluding carboxylic acids is 1. The third-order valence-corrected chi connectivity index (χ3v) is 6.22. The van der Waals surface area contributed by atoms with Crippen LogP contribution in [0.4, 0.5) is 15.1 Å². The van der Waals surface area contributed by atoms with Crippen molar-refractivity contribution in [3.63, 3.8) is 0 Å². The van der Waals surface area contributed by atoms with E-state index in [0.717, 1.165) is 35.2 Å². The van der Waals surface area contributed by atoms with Crippen LogP contribution in [0.1, 0.15) is 16.2 Å². The molecule has 0 bridgehead atoms. The number of sulfonamides is 1. The van der Waals surface area contributed by atoms with Crippen LogP contribution < -0.4 is 14.6 Å². The molecule has 30 heavy (non-hydrogen) atoms. The summed E-state index contributed by atoms with van der Waals surface area (Å²) in [6, 6.07) is 2.96. The highest BCUT2D eigenvalue weighted by Crippen LogP contribution is 2.25. The molecule has 10 nitrogen and oxygen atoms in total. The number of benzene rings is 1. The van der Waals surface area contributed by atoms with E-state index in [4.69, 9.17) is 5.11 Å². The molecule has 1 aromatic carbocycles. The Morgan fingerprint density at radius 1 is 1.37 bits per heavy atom. The van der Waals surface area contributed by atoms with Crippen molar-refractivity contribution in [1.29, 1.82) is 0 Å². The van der Waals surface area contributed by atoms with Crippen LogP contribution in [0.2, 0.25) is 0 Å². The fourth-order valence-corrected chi connectivity index (χ4v) is 4.64. The van der Waals surface area contributed by atoms with Crippen molar-refractivity contribution in [1.82, 2.24) is 9.55 Å². The number of anilines is 2. The van der Waals surface area contributed by atoms with Gasteiger partial charge >= 0.3 is 5.97 Å². The molecule has 1 amide bonds. The number of nitrogens with one attached hydrogen (secondary N) is 2. The maximum Gasteiger partial charge on any atom is 0.357 e. The summed E-state index contributed by atoms with van der Waals surface area (Å²) in [6.45, 7) is 1.77. The maximum atomic E-state index is 14.4. The van der Waals surface area contributed by atoms with Crippen LogP contribution in [0, 0.1) is 12.7 Å². The second kappa shape index (κ2) is 8.20. The van der Waals surface area contributed by atoms with E-state index in [1.165, 1.54) is 5.51 Å². The molecular weight excluding hydrogens is 437 g/mol. The fourth-order valence-electron chi connectivity index (χ4n) is 2.64. The third kappa shape index (κ3) is 4.63. The van der Waals surface area contributed by atoms with Gasteiger partial charge in [0.2, 0.25) is 6.33 Å². The molecule has 3 N–H and O–H groups in total. The van der Waals surface area contributed by atoms with Gasteiger partial charge in [0.25, 0.3) is 15.9 Å². The van der Waals surface area contributed by atoms with E-state index in [2.05, 4.69) is 15.0 Å². The van der Waals surface area contributed by atoms with E-state index >= 15 is 0 Å². The Bertz CT molecular complexity index is 1240. The number of hydrogen-bond acceptors (Lipinski definition) is 6. The summed E-state index contributed by atoms with van der Waals surface area (Å²) in [5, 5.41) is 11.2. The number of thiazole rings is 1. The molecule has 2 aromatic heterocycles. The molecule has 158 valence electrons.